The molecular formula is C25H34O15. The first-order valence-electron chi connectivity index (χ1n) is 12.7. The van der Waals surface area contributed by atoms with Crippen molar-refractivity contribution in [3.8, 4) is 0 Å². The molecule has 0 aromatic carbocycles. The van der Waals surface area contributed by atoms with Crippen LogP contribution in [0.5, 0.6) is 0 Å². The van der Waals surface area contributed by atoms with Gasteiger partial charge in [0, 0.05) is 53.9 Å². The molecule has 0 saturated carbocycles. The molecule has 3 heterocycles. The topological polar surface area (TPSA) is 185 Å². The van der Waals surface area contributed by atoms with Gasteiger partial charge in [0.15, 0.2) is 24.6 Å². The quantitative estimate of drug-likeness (QED) is 0.259. The maximum atomic E-state index is 12.4. The van der Waals surface area contributed by atoms with E-state index in [9.17, 15) is 28.8 Å². The van der Waals surface area contributed by atoms with E-state index >= 15 is 0 Å². The van der Waals surface area contributed by atoms with Gasteiger partial charge in [-0.25, -0.2) is 0 Å². The van der Waals surface area contributed by atoms with Crippen LogP contribution in [0.3, 0.4) is 0 Å². The van der Waals surface area contributed by atoms with Gasteiger partial charge in [0.05, 0.1) is 6.61 Å². The highest BCUT2D eigenvalue weighted by molar-refractivity contribution is 5.69. The minimum absolute atomic E-state index is 0.0826. The molecule has 3 fully saturated rings. The Balaban J connectivity index is 2.12. The molecule has 224 valence electrons. The van der Waals surface area contributed by atoms with E-state index in [4.69, 9.17) is 42.6 Å². The third kappa shape index (κ3) is 7.88. The first-order chi connectivity index (χ1) is 18.8. The summed E-state index contributed by atoms with van der Waals surface area (Å²) in [5, 5.41) is 0. The number of hydrogen-bond donors (Lipinski definition) is 0. The van der Waals surface area contributed by atoms with Crippen molar-refractivity contribution in [2.75, 3.05) is 13.2 Å². The van der Waals surface area contributed by atoms with Crippen LogP contribution in [0.15, 0.2) is 0 Å². The lowest BCUT2D eigenvalue weighted by Gasteiger charge is -2.48. The Kier molecular flexibility index (Phi) is 10.4. The van der Waals surface area contributed by atoms with Crippen LogP contribution >= 0.6 is 0 Å². The number of hydrogen-bond acceptors (Lipinski definition) is 15. The number of carbonyl (C=O) groups excluding carboxylic acids is 6. The van der Waals surface area contributed by atoms with Crippen LogP contribution in [0.25, 0.3) is 0 Å². The molecule has 0 radical (unpaired) electrons. The summed E-state index contributed by atoms with van der Waals surface area (Å²) in [6.07, 6.45) is -10.6. The smallest absolute Gasteiger partial charge is 0.303 e. The van der Waals surface area contributed by atoms with Gasteiger partial charge in [-0.05, 0) is 0 Å². The summed E-state index contributed by atoms with van der Waals surface area (Å²) >= 11 is 0. The van der Waals surface area contributed by atoms with E-state index in [1.165, 1.54) is 6.92 Å². The Labute approximate surface area is 229 Å². The van der Waals surface area contributed by atoms with Crippen molar-refractivity contribution in [1.82, 2.24) is 0 Å². The number of rotatable bonds is 9. The summed E-state index contributed by atoms with van der Waals surface area (Å²) in [7, 11) is 0. The van der Waals surface area contributed by atoms with Crippen LogP contribution in [0.4, 0.5) is 0 Å². The molecule has 0 aromatic heterocycles. The Hall–Kier alpha value is -3.30. The fraction of sp³-hybridized carbons (Fsp3) is 0.760. The third-order valence-electron chi connectivity index (χ3n) is 6.40. The average molecular weight is 575 g/mol. The molecule has 3 aliphatic rings. The Morgan fingerprint density at radius 3 is 1.77 bits per heavy atom. The molecule has 3 aliphatic heterocycles. The SMILES string of the molecule is CC(=O)OC[C@H]1O[C@@H]([C@H](OC(C)=O)[C@@H]2C[C@@H]3OC[C@@H](O3)[C@@H]2OC(C)=O)[C@H](OC(C)=O)[C@@H](OC(C)=O)[C@H]1OC(C)=O. The molecule has 15 nitrogen and oxygen atoms in total. The molecule has 0 amide bonds. The standard InChI is InChI=1S/C25H34O15/c1-10(26)32-8-18-22(36-13(4)29)24(37-14(5)30)25(38-15(6)31)23(40-18)21(35-12(3)28)16-7-19-33-9-17(39-19)20(16)34-11(2)27/h16-25H,7-9H2,1-6H3/t16-,17-,18-,19-,20-,21-,22+,23+,24+,25+/m1/s1. The molecule has 0 aromatic rings. The highest BCUT2D eigenvalue weighted by atomic mass is 16.7. The summed E-state index contributed by atoms with van der Waals surface area (Å²) in [4.78, 5) is 72.4. The lowest BCUT2D eigenvalue weighted by molar-refractivity contribution is -0.279. The van der Waals surface area contributed by atoms with Gasteiger partial charge in [0.25, 0.3) is 0 Å². The van der Waals surface area contributed by atoms with Crippen LogP contribution < -0.4 is 0 Å². The largest absolute Gasteiger partial charge is 0.463 e. The van der Waals surface area contributed by atoms with Crippen molar-refractivity contribution in [2.24, 2.45) is 5.92 Å². The van der Waals surface area contributed by atoms with Crippen LogP contribution in [0.2, 0.25) is 0 Å². The van der Waals surface area contributed by atoms with E-state index < -0.39 is 103 Å². The normalized spacial score (nSPS) is 33.6. The molecule has 10 atom stereocenters. The number of esters is 6. The molecule has 0 aliphatic carbocycles. The van der Waals surface area contributed by atoms with Crippen LogP contribution in [-0.4, -0.2) is 104 Å². The van der Waals surface area contributed by atoms with Crippen molar-refractivity contribution < 1.29 is 71.4 Å². The molecule has 0 spiro atoms. The van der Waals surface area contributed by atoms with Gasteiger partial charge in [-0.1, -0.05) is 0 Å². The number of ether oxygens (including phenoxy) is 9. The van der Waals surface area contributed by atoms with Crippen LogP contribution in [0.1, 0.15) is 48.0 Å². The number of carbonyl (C=O) groups is 6. The van der Waals surface area contributed by atoms with E-state index in [1.54, 1.807) is 0 Å². The van der Waals surface area contributed by atoms with Gasteiger partial charge in [0.2, 0.25) is 0 Å². The second kappa shape index (κ2) is 13.4. The second-order valence-corrected chi connectivity index (χ2v) is 9.65. The van der Waals surface area contributed by atoms with Gasteiger partial charge in [0.1, 0.15) is 37.1 Å². The second-order valence-electron chi connectivity index (χ2n) is 9.65. The van der Waals surface area contributed by atoms with Gasteiger partial charge < -0.3 is 42.6 Å². The monoisotopic (exact) mass is 574 g/mol. The molecular weight excluding hydrogens is 540 g/mol. The Bertz CT molecular complexity index is 995. The minimum Gasteiger partial charge on any atom is -0.463 e. The van der Waals surface area contributed by atoms with Gasteiger partial charge in [-0.2, -0.15) is 0 Å². The maximum Gasteiger partial charge on any atom is 0.303 e. The van der Waals surface area contributed by atoms with Crippen molar-refractivity contribution >= 4 is 35.8 Å². The van der Waals surface area contributed by atoms with E-state index in [0.29, 0.717) is 0 Å². The predicted molar refractivity (Wildman–Crippen MR) is 126 cm³/mol. The molecule has 3 saturated heterocycles. The maximum absolute atomic E-state index is 12.4. The molecule has 15 heteroatoms. The molecule has 40 heavy (non-hydrogen) atoms. The minimum atomic E-state index is -1.48. The highest BCUT2D eigenvalue weighted by Gasteiger charge is 2.59. The van der Waals surface area contributed by atoms with Crippen LogP contribution in [0, 0.1) is 5.92 Å². The Morgan fingerprint density at radius 1 is 0.675 bits per heavy atom. The lowest BCUT2D eigenvalue weighted by atomic mass is 9.80. The summed E-state index contributed by atoms with van der Waals surface area (Å²) in [5.41, 5.74) is 0. The summed E-state index contributed by atoms with van der Waals surface area (Å²) in [6.45, 7) is 6.42. The predicted octanol–water partition coefficient (Wildman–Crippen LogP) is -0.263. The van der Waals surface area contributed by atoms with E-state index in [1.807, 2.05) is 0 Å². The average Bonchev–Trinajstić information content (AvgIpc) is 3.22. The summed E-state index contributed by atoms with van der Waals surface area (Å²) in [6, 6.07) is 0. The van der Waals surface area contributed by atoms with E-state index in [-0.39, 0.29) is 13.0 Å². The third-order valence-corrected chi connectivity index (χ3v) is 6.40. The molecule has 0 N–H and O–H groups in total. The van der Waals surface area contributed by atoms with E-state index in [0.717, 1.165) is 34.6 Å². The zero-order valence-electron chi connectivity index (χ0n) is 23.0. The van der Waals surface area contributed by atoms with Gasteiger partial charge in [-0.15, -0.1) is 0 Å². The molecule has 0 unspecified atom stereocenters. The molecule has 3 rings (SSSR count). The van der Waals surface area contributed by atoms with Crippen molar-refractivity contribution in [2.45, 2.75) is 103 Å². The Morgan fingerprint density at radius 2 is 1.23 bits per heavy atom. The summed E-state index contributed by atoms with van der Waals surface area (Å²) in [5.74, 6) is -5.29. The van der Waals surface area contributed by atoms with Crippen LogP contribution in [-0.2, 0) is 71.4 Å². The van der Waals surface area contributed by atoms with Gasteiger partial charge in [-0.3, -0.25) is 28.8 Å². The highest BCUT2D eigenvalue weighted by Crippen LogP contribution is 2.41. The number of fused-ring (bicyclic) bond motifs is 2. The zero-order chi connectivity index (χ0) is 29.7. The summed E-state index contributed by atoms with van der Waals surface area (Å²) < 4.78 is 50.4. The van der Waals surface area contributed by atoms with Crippen molar-refractivity contribution in [1.29, 1.82) is 0 Å². The lowest BCUT2D eigenvalue weighted by Crippen LogP contribution is -2.67. The van der Waals surface area contributed by atoms with E-state index in [2.05, 4.69) is 0 Å². The van der Waals surface area contributed by atoms with Crippen molar-refractivity contribution in [3.63, 3.8) is 0 Å². The first-order valence-corrected chi connectivity index (χ1v) is 12.7. The fourth-order valence-corrected chi connectivity index (χ4v) is 5.20. The van der Waals surface area contributed by atoms with Gasteiger partial charge >= 0.3 is 35.8 Å². The molecule has 2 bridgehead atoms. The fourth-order valence-electron chi connectivity index (χ4n) is 5.20. The first kappa shape index (κ1) is 31.2. The van der Waals surface area contributed by atoms with Crippen molar-refractivity contribution in [3.05, 3.63) is 0 Å². The zero-order valence-corrected chi connectivity index (χ0v) is 23.0.